The number of hydrogen-bond donors (Lipinski definition) is 0. The Morgan fingerprint density at radius 3 is 2.29 bits per heavy atom. The van der Waals surface area contributed by atoms with E-state index in [1.54, 1.807) is 20.3 Å². The number of hydrogen-bond acceptors (Lipinski definition) is 3. The highest BCUT2D eigenvalue weighted by Crippen LogP contribution is 2.50. The number of rotatable bonds is 5. The molecule has 0 fully saturated rings. The van der Waals surface area contributed by atoms with E-state index in [1.165, 1.54) is 5.56 Å². The van der Waals surface area contributed by atoms with E-state index in [-0.39, 0.29) is 11.3 Å². The van der Waals surface area contributed by atoms with Gasteiger partial charge in [-0.15, -0.1) is 0 Å². The highest BCUT2D eigenvalue weighted by molar-refractivity contribution is 9.10. The third-order valence-electron chi connectivity index (χ3n) is 6.66. The Kier molecular flexibility index (Phi) is 6.59. The number of para-hydroxylation sites is 1. The fraction of sp³-hybridized carbons (Fsp3) is 0.276. The Labute approximate surface area is 210 Å². The highest BCUT2D eigenvalue weighted by Gasteiger charge is 2.47. The minimum Gasteiger partial charge on any atom is -0.493 e. The minimum atomic E-state index is -0.394. The van der Waals surface area contributed by atoms with E-state index in [0.717, 1.165) is 27.7 Å². The second-order valence-corrected chi connectivity index (χ2v) is 10.4. The molecule has 176 valence electrons. The van der Waals surface area contributed by atoms with Crippen LogP contribution in [0.5, 0.6) is 11.5 Å². The maximum absolute atomic E-state index is 13.6. The topological polar surface area (TPSA) is 38.8 Å². The quantitative estimate of drug-likeness (QED) is 0.340. The molecule has 4 rings (SSSR count). The number of fused-ring (bicyclic) bond motifs is 1. The summed E-state index contributed by atoms with van der Waals surface area (Å²) < 4.78 is 11.8. The standard InChI is InChI=1S/C29H30BrNO3/c1-28(2)19-29(3,21-12-14-22(30)15-13-21)23-8-6-7-9-24(23)31(28)27(32)17-11-20-10-16-25(33-4)26(18-20)34-5/h6-18H,19H2,1-5H3/b17-11+/t29-/m1/s1. The number of benzene rings is 3. The lowest BCUT2D eigenvalue weighted by Gasteiger charge is -2.51. The molecule has 0 aliphatic carbocycles. The molecule has 4 nitrogen and oxygen atoms in total. The lowest BCUT2D eigenvalue weighted by Crippen LogP contribution is -2.55. The molecular formula is C29H30BrNO3. The molecule has 0 spiro atoms. The second-order valence-electron chi connectivity index (χ2n) is 9.47. The van der Waals surface area contributed by atoms with Gasteiger partial charge in [0.25, 0.3) is 5.91 Å². The van der Waals surface area contributed by atoms with Crippen LogP contribution >= 0.6 is 15.9 Å². The average molecular weight is 520 g/mol. The van der Waals surface area contributed by atoms with Crippen molar-refractivity contribution in [3.05, 3.63) is 94.0 Å². The number of carbonyl (C=O) groups is 1. The summed E-state index contributed by atoms with van der Waals surface area (Å²) in [4.78, 5) is 15.5. The fourth-order valence-corrected chi connectivity index (χ4v) is 5.46. The number of amides is 1. The van der Waals surface area contributed by atoms with Crippen molar-refractivity contribution in [3.63, 3.8) is 0 Å². The van der Waals surface area contributed by atoms with E-state index < -0.39 is 5.54 Å². The van der Waals surface area contributed by atoms with Crippen molar-refractivity contribution in [2.75, 3.05) is 19.1 Å². The first-order valence-electron chi connectivity index (χ1n) is 11.3. The van der Waals surface area contributed by atoms with Crippen molar-refractivity contribution in [3.8, 4) is 11.5 Å². The van der Waals surface area contributed by atoms with Gasteiger partial charge in [-0.1, -0.05) is 59.3 Å². The number of ether oxygens (including phenoxy) is 2. The van der Waals surface area contributed by atoms with Crippen LogP contribution < -0.4 is 14.4 Å². The third kappa shape index (κ3) is 4.37. The van der Waals surface area contributed by atoms with Crippen molar-refractivity contribution in [1.82, 2.24) is 0 Å². The first-order chi connectivity index (χ1) is 16.2. The minimum absolute atomic E-state index is 0.0508. The molecule has 3 aromatic carbocycles. The zero-order valence-electron chi connectivity index (χ0n) is 20.3. The highest BCUT2D eigenvalue weighted by atomic mass is 79.9. The third-order valence-corrected chi connectivity index (χ3v) is 7.19. The number of halogens is 1. The van der Waals surface area contributed by atoms with Crippen molar-refractivity contribution in [2.24, 2.45) is 0 Å². The first kappa shape index (κ1) is 24.1. The van der Waals surface area contributed by atoms with Gasteiger partial charge in [-0.25, -0.2) is 0 Å². The van der Waals surface area contributed by atoms with Crippen LogP contribution in [-0.4, -0.2) is 25.7 Å². The van der Waals surface area contributed by atoms with Crippen LogP contribution in [0.4, 0.5) is 5.69 Å². The lowest BCUT2D eigenvalue weighted by atomic mass is 9.65. The molecule has 1 amide bonds. The van der Waals surface area contributed by atoms with Gasteiger partial charge in [0.1, 0.15) is 0 Å². The zero-order chi connectivity index (χ0) is 24.5. The molecule has 0 N–H and O–H groups in total. The molecule has 5 heteroatoms. The molecule has 0 saturated carbocycles. The molecule has 0 radical (unpaired) electrons. The van der Waals surface area contributed by atoms with Gasteiger partial charge in [0, 0.05) is 27.2 Å². The summed E-state index contributed by atoms with van der Waals surface area (Å²) in [6.07, 6.45) is 4.27. The SMILES string of the molecule is COc1ccc(/C=C/C(=O)N2c3ccccc3[C@@](C)(c3ccc(Br)cc3)CC2(C)C)cc1OC. The second kappa shape index (κ2) is 9.30. The molecule has 0 unspecified atom stereocenters. The van der Waals surface area contributed by atoms with Crippen LogP contribution in [0.2, 0.25) is 0 Å². The van der Waals surface area contributed by atoms with Gasteiger partial charge in [-0.2, -0.15) is 0 Å². The summed E-state index contributed by atoms with van der Waals surface area (Å²) in [6, 6.07) is 22.4. The molecule has 1 heterocycles. The summed E-state index contributed by atoms with van der Waals surface area (Å²) >= 11 is 3.55. The zero-order valence-corrected chi connectivity index (χ0v) is 21.8. The van der Waals surface area contributed by atoms with Crippen LogP contribution in [-0.2, 0) is 10.2 Å². The summed E-state index contributed by atoms with van der Waals surface area (Å²) in [5, 5.41) is 0. The van der Waals surface area contributed by atoms with E-state index in [9.17, 15) is 4.79 Å². The van der Waals surface area contributed by atoms with Gasteiger partial charge in [0.05, 0.1) is 14.2 Å². The van der Waals surface area contributed by atoms with Gasteiger partial charge in [0.15, 0.2) is 11.5 Å². The van der Waals surface area contributed by atoms with Gasteiger partial charge in [-0.3, -0.25) is 4.79 Å². The van der Waals surface area contributed by atoms with Crippen molar-refractivity contribution in [2.45, 2.75) is 38.1 Å². The number of anilines is 1. The van der Waals surface area contributed by atoms with Crippen molar-refractivity contribution >= 4 is 33.6 Å². The average Bonchev–Trinajstić information content (AvgIpc) is 2.82. The Morgan fingerprint density at radius 2 is 1.62 bits per heavy atom. The molecule has 0 saturated heterocycles. The molecular weight excluding hydrogens is 490 g/mol. The molecule has 1 aliphatic heterocycles. The van der Waals surface area contributed by atoms with E-state index >= 15 is 0 Å². The maximum atomic E-state index is 13.6. The molecule has 0 bridgehead atoms. The molecule has 34 heavy (non-hydrogen) atoms. The van der Waals surface area contributed by atoms with Gasteiger partial charge in [0.2, 0.25) is 0 Å². The lowest BCUT2D eigenvalue weighted by molar-refractivity contribution is -0.115. The van der Waals surface area contributed by atoms with Gasteiger partial charge in [-0.05, 0) is 73.4 Å². The number of nitrogens with zero attached hydrogens (tertiary/aromatic N) is 1. The normalized spacial score (nSPS) is 19.1. The van der Waals surface area contributed by atoms with Crippen LogP contribution in [0.3, 0.4) is 0 Å². The van der Waals surface area contributed by atoms with E-state index in [0.29, 0.717) is 11.5 Å². The maximum Gasteiger partial charge on any atom is 0.251 e. The Morgan fingerprint density at radius 1 is 0.941 bits per heavy atom. The first-order valence-corrected chi connectivity index (χ1v) is 12.1. The van der Waals surface area contributed by atoms with Crippen LogP contribution in [0, 0.1) is 0 Å². The van der Waals surface area contributed by atoms with Crippen molar-refractivity contribution in [1.29, 1.82) is 0 Å². The Bertz CT molecular complexity index is 1230. The van der Waals surface area contributed by atoms with E-state index in [1.807, 2.05) is 35.2 Å². The molecule has 1 atom stereocenters. The summed E-state index contributed by atoms with van der Waals surface area (Å²) in [5.41, 5.74) is 3.61. The summed E-state index contributed by atoms with van der Waals surface area (Å²) in [5.74, 6) is 1.24. The summed E-state index contributed by atoms with van der Waals surface area (Å²) in [7, 11) is 3.21. The number of methoxy groups -OCH3 is 2. The molecule has 3 aromatic rings. The van der Waals surface area contributed by atoms with E-state index in [4.69, 9.17) is 9.47 Å². The summed E-state index contributed by atoms with van der Waals surface area (Å²) in [6.45, 7) is 6.56. The fourth-order valence-electron chi connectivity index (χ4n) is 5.19. The van der Waals surface area contributed by atoms with Crippen molar-refractivity contribution < 1.29 is 14.3 Å². The van der Waals surface area contributed by atoms with Crippen LogP contribution in [0.25, 0.3) is 6.08 Å². The molecule has 1 aliphatic rings. The van der Waals surface area contributed by atoms with Gasteiger partial charge < -0.3 is 14.4 Å². The Balaban J connectivity index is 1.72. The monoisotopic (exact) mass is 519 g/mol. The predicted molar refractivity (Wildman–Crippen MR) is 142 cm³/mol. The largest absolute Gasteiger partial charge is 0.493 e. The van der Waals surface area contributed by atoms with Crippen LogP contribution in [0.1, 0.15) is 43.9 Å². The van der Waals surface area contributed by atoms with E-state index in [2.05, 4.69) is 79.2 Å². The Hall–Kier alpha value is -3.05. The molecule has 0 aromatic heterocycles. The number of carbonyl (C=O) groups excluding carboxylic acids is 1. The predicted octanol–water partition coefficient (Wildman–Crippen LogP) is 7.00. The van der Waals surface area contributed by atoms with Gasteiger partial charge >= 0.3 is 0 Å². The van der Waals surface area contributed by atoms with Crippen LogP contribution in [0.15, 0.2) is 77.3 Å². The smallest absolute Gasteiger partial charge is 0.251 e.